The van der Waals surface area contributed by atoms with Crippen molar-refractivity contribution in [3.63, 3.8) is 0 Å². The number of hydrogen-bond acceptors (Lipinski definition) is 3. The first-order chi connectivity index (χ1) is 18.3. The fraction of sp³-hybridized carbons (Fsp3) is 0.500. The zero-order chi connectivity index (χ0) is 26.9. The van der Waals surface area contributed by atoms with Crippen LogP contribution in [0.15, 0.2) is 60.7 Å². The van der Waals surface area contributed by atoms with Crippen molar-refractivity contribution in [3.8, 4) is 0 Å². The van der Waals surface area contributed by atoms with Gasteiger partial charge in [-0.15, -0.1) is 0 Å². The Morgan fingerprint density at radius 1 is 0.868 bits per heavy atom. The third-order valence-electron chi connectivity index (χ3n) is 8.23. The van der Waals surface area contributed by atoms with Gasteiger partial charge in [0, 0.05) is 20.1 Å². The lowest BCUT2D eigenvalue weighted by Gasteiger charge is -2.48. The molecule has 204 valence electrons. The van der Waals surface area contributed by atoms with Crippen molar-refractivity contribution in [2.45, 2.75) is 62.8 Å². The first-order valence-corrected chi connectivity index (χ1v) is 15.2. The van der Waals surface area contributed by atoms with E-state index in [1.54, 1.807) is 41.1 Å². The van der Waals surface area contributed by atoms with E-state index < -0.39 is 25.5 Å². The number of amides is 4. The lowest BCUT2D eigenvalue weighted by atomic mass is 9.89. The summed E-state index contributed by atoms with van der Waals surface area (Å²) in [6.07, 6.45) is 6.85. The highest BCUT2D eigenvalue weighted by Gasteiger charge is 2.57. The van der Waals surface area contributed by atoms with Crippen molar-refractivity contribution in [2.24, 2.45) is 5.92 Å². The Hall–Kier alpha value is -2.87. The average Bonchev–Trinajstić information content (AvgIpc) is 3.20. The van der Waals surface area contributed by atoms with Gasteiger partial charge < -0.3 is 24.5 Å². The molecule has 9 nitrogen and oxygen atoms in total. The second-order valence-corrected chi connectivity index (χ2v) is 12.5. The molecule has 2 saturated heterocycles. The van der Waals surface area contributed by atoms with Crippen LogP contribution in [0.25, 0.3) is 0 Å². The second kappa shape index (κ2) is 11.1. The molecule has 2 bridgehead atoms. The van der Waals surface area contributed by atoms with Gasteiger partial charge in [0.1, 0.15) is 0 Å². The molecule has 2 aromatic rings. The topological polar surface area (TPSA) is 105 Å². The van der Waals surface area contributed by atoms with Crippen molar-refractivity contribution >= 4 is 31.0 Å². The van der Waals surface area contributed by atoms with Crippen molar-refractivity contribution in [1.82, 2.24) is 14.7 Å². The lowest BCUT2D eigenvalue weighted by Crippen LogP contribution is -2.65. The van der Waals surface area contributed by atoms with E-state index in [0.717, 1.165) is 12.8 Å². The molecule has 1 saturated carbocycles. The Bertz CT molecular complexity index is 1130. The maximum Gasteiger partial charge on any atom is 0.350 e. The standard InChI is InChI=1S/C28H37N4O5P/c1-29(19-21-11-5-2-6-12-21)27(33)32-24-17-18-25(32)26(38(35,36)37)30(20-24)28(34)31(22-13-7-3-8-14-22)23-15-9-4-10-16-23/h3-4,7-10,13-16,21,24-26H,2,5-6,11-12,17-20H2,1H3,(H2,35,36,37)/t24?,25-,26-/m1/s1. The molecule has 2 aromatic carbocycles. The Labute approximate surface area is 224 Å². The largest absolute Gasteiger partial charge is 0.350 e. The molecule has 1 aliphatic carbocycles. The van der Waals surface area contributed by atoms with E-state index >= 15 is 0 Å². The molecule has 3 fully saturated rings. The van der Waals surface area contributed by atoms with Crippen LogP contribution in [0.1, 0.15) is 44.9 Å². The smallest absolute Gasteiger partial charge is 0.327 e. The molecule has 0 spiro atoms. The molecule has 0 radical (unpaired) electrons. The third kappa shape index (κ3) is 5.33. The summed E-state index contributed by atoms with van der Waals surface area (Å²) in [5.74, 6) is -0.947. The minimum Gasteiger partial charge on any atom is -0.327 e. The van der Waals surface area contributed by atoms with Crippen LogP contribution in [0.2, 0.25) is 0 Å². The van der Waals surface area contributed by atoms with Gasteiger partial charge in [0.2, 0.25) is 0 Å². The van der Waals surface area contributed by atoms with Gasteiger partial charge in [-0.25, -0.2) is 9.59 Å². The Kier molecular flexibility index (Phi) is 7.80. The number of piperazine rings is 1. The van der Waals surface area contributed by atoms with Crippen LogP contribution >= 0.6 is 7.60 Å². The van der Waals surface area contributed by atoms with E-state index in [0.29, 0.717) is 36.7 Å². The highest BCUT2D eigenvalue weighted by molar-refractivity contribution is 7.52. The minimum absolute atomic E-state index is 0.0737. The van der Waals surface area contributed by atoms with E-state index in [2.05, 4.69) is 0 Å². The molecular formula is C28H37N4O5P. The van der Waals surface area contributed by atoms with E-state index in [-0.39, 0.29) is 18.6 Å². The maximum absolute atomic E-state index is 14.1. The van der Waals surface area contributed by atoms with Gasteiger partial charge in [-0.2, -0.15) is 0 Å². The first-order valence-electron chi connectivity index (χ1n) is 13.5. The van der Waals surface area contributed by atoms with Gasteiger partial charge in [-0.3, -0.25) is 9.46 Å². The van der Waals surface area contributed by atoms with Crippen LogP contribution in [-0.2, 0) is 4.57 Å². The number of fused-ring (bicyclic) bond motifs is 2. The molecule has 3 atom stereocenters. The number of rotatable bonds is 5. The zero-order valence-corrected chi connectivity index (χ0v) is 22.7. The number of urea groups is 2. The minimum atomic E-state index is -4.80. The summed E-state index contributed by atoms with van der Waals surface area (Å²) in [7, 11) is -3.01. The Balaban J connectivity index is 1.43. The molecule has 1 unspecified atom stereocenters. The number of nitrogens with zero attached hydrogens (tertiary/aromatic N) is 4. The van der Waals surface area contributed by atoms with Crippen LogP contribution in [-0.4, -0.2) is 74.6 Å². The number of likely N-dealkylation sites (tertiary alicyclic amines) is 1. The summed E-state index contributed by atoms with van der Waals surface area (Å²) in [6.45, 7) is 0.720. The first kappa shape index (κ1) is 26.7. The van der Waals surface area contributed by atoms with E-state index in [4.69, 9.17) is 0 Å². The highest BCUT2D eigenvalue weighted by atomic mass is 31.2. The van der Waals surface area contributed by atoms with Crippen LogP contribution in [0.4, 0.5) is 21.0 Å². The number of hydrogen-bond donors (Lipinski definition) is 2. The molecule has 0 aromatic heterocycles. The van der Waals surface area contributed by atoms with E-state index in [9.17, 15) is 23.9 Å². The number of para-hydroxylation sites is 2. The normalized spacial score (nSPS) is 23.8. The highest BCUT2D eigenvalue weighted by Crippen LogP contribution is 2.52. The second-order valence-electron chi connectivity index (χ2n) is 10.8. The summed E-state index contributed by atoms with van der Waals surface area (Å²) in [6, 6.07) is 16.4. The van der Waals surface area contributed by atoms with Crippen LogP contribution in [0.3, 0.4) is 0 Å². The van der Waals surface area contributed by atoms with Crippen molar-refractivity contribution in [1.29, 1.82) is 0 Å². The monoisotopic (exact) mass is 540 g/mol. The summed E-state index contributed by atoms with van der Waals surface area (Å²) in [5, 5.41) is 0. The SMILES string of the molecule is CN(CC1CCCCC1)C(=O)N1C2CC[C@@H]1[C@@H](P(=O)(O)O)N(C(=O)N(c1ccccc1)c1ccccc1)C2. The van der Waals surface area contributed by atoms with Crippen molar-refractivity contribution in [2.75, 3.05) is 25.0 Å². The third-order valence-corrected chi connectivity index (χ3v) is 9.54. The summed E-state index contributed by atoms with van der Waals surface area (Å²) in [4.78, 5) is 55.1. The lowest BCUT2D eigenvalue weighted by molar-refractivity contribution is 0.0634. The zero-order valence-electron chi connectivity index (χ0n) is 21.8. The van der Waals surface area contributed by atoms with E-state index in [1.807, 2.05) is 36.4 Å². The van der Waals surface area contributed by atoms with Crippen LogP contribution in [0, 0.1) is 5.92 Å². The summed E-state index contributed by atoms with van der Waals surface area (Å²) >= 11 is 0. The van der Waals surface area contributed by atoms with Crippen molar-refractivity contribution in [3.05, 3.63) is 60.7 Å². The Morgan fingerprint density at radius 2 is 1.45 bits per heavy atom. The van der Waals surface area contributed by atoms with Gasteiger partial charge in [-0.05, 0) is 55.9 Å². The van der Waals surface area contributed by atoms with Gasteiger partial charge in [0.15, 0.2) is 5.78 Å². The quantitative estimate of drug-likeness (QED) is 0.506. The summed E-state index contributed by atoms with van der Waals surface area (Å²) < 4.78 is 13.0. The van der Waals surface area contributed by atoms with Crippen LogP contribution < -0.4 is 4.90 Å². The molecule has 38 heavy (non-hydrogen) atoms. The predicted molar refractivity (Wildman–Crippen MR) is 146 cm³/mol. The molecule has 10 heteroatoms. The summed E-state index contributed by atoms with van der Waals surface area (Å²) in [5.41, 5.74) is 1.21. The van der Waals surface area contributed by atoms with Gasteiger partial charge in [0.05, 0.1) is 23.5 Å². The maximum atomic E-state index is 14.1. The molecular weight excluding hydrogens is 503 g/mol. The fourth-order valence-electron chi connectivity index (χ4n) is 6.51. The number of anilines is 2. The van der Waals surface area contributed by atoms with Crippen LogP contribution in [0.5, 0.6) is 0 Å². The fourth-order valence-corrected chi connectivity index (χ4v) is 7.80. The number of carbonyl (C=O) groups excluding carboxylic acids is 2. The van der Waals surface area contributed by atoms with E-state index in [1.165, 1.54) is 29.1 Å². The number of benzene rings is 2. The van der Waals surface area contributed by atoms with Gasteiger partial charge >= 0.3 is 19.7 Å². The molecule has 5 rings (SSSR count). The molecule has 2 N–H and O–H groups in total. The van der Waals surface area contributed by atoms with Crippen molar-refractivity contribution < 1.29 is 23.9 Å². The number of carbonyl (C=O) groups is 2. The van der Waals surface area contributed by atoms with Gasteiger partial charge in [0.25, 0.3) is 0 Å². The molecule has 4 amide bonds. The predicted octanol–water partition coefficient (Wildman–Crippen LogP) is 5.23. The molecule has 3 aliphatic rings. The Morgan fingerprint density at radius 3 is 2.00 bits per heavy atom. The average molecular weight is 541 g/mol. The molecule has 2 heterocycles. The molecule has 2 aliphatic heterocycles. The van der Waals surface area contributed by atoms with Gasteiger partial charge in [-0.1, -0.05) is 55.7 Å².